The number of rotatable bonds is 0. The third-order valence-corrected chi connectivity index (χ3v) is 1.68. The maximum absolute atomic E-state index is 3.23. The molecule has 1 rings (SSSR count). The van der Waals surface area contributed by atoms with Gasteiger partial charge in [-0.15, -0.1) is 0 Å². The molecule has 0 fully saturated rings. The molecular weight excluding hydrogens is 144 g/mol. The summed E-state index contributed by atoms with van der Waals surface area (Å²) in [6, 6.07) is 0. The van der Waals surface area contributed by atoms with E-state index in [4.69, 9.17) is 0 Å². The molecule has 1 aliphatic rings. The fraction of sp³-hybridized carbons (Fsp3) is 0.333. The van der Waals surface area contributed by atoms with E-state index in [1.54, 1.807) is 0 Å². The maximum Gasteiger partial charge on any atom is -0.00978 e. The Morgan fingerprint density at radius 2 is 1.75 bits per heavy atom. The Morgan fingerprint density at radius 1 is 0.833 bits per heavy atom. The van der Waals surface area contributed by atoms with Crippen molar-refractivity contribution in [2.45, 2.75) is 25.7 Å². The van der Waals surface area contributed by atoms with Gasteiger partial charge in [-0.2, -0.15) is 0 Å². The van der Waals surface area contributed by atoms with E-state index in [1.165, 1.54) is 0 Å². The quantitative estimate of drug-likeness (QED) is 0.474. The van der Waals surface area contributed by atoms with Crippen LogP contribution in [0.2, 0.25) is 0 Å². The Balaban J connectivity index is 2.41. The van der Waals surface area contributed by atoms with Gasteiger partial charge >= 0.3 is 0 Å². The lowest BCUT2D eigenvalue weighted by Crippen LogP contribution is -1.68. The minimum absolute atomic E-state index is 0.956. The summed E-state index contributed by atoms with van der Waals surface area (Å²) in [6.07, 6.45) is 22.5. The van der Waals surface area contributed by atoms with Crippen LogP contribution in [0, 0.1) is 6.08 Å². The van der Waals surface area contributed by atoms with Gasteiger partial charge in [0.05, 0.1) is 0 Å². The van der Waals surface area contributed by atoms with Crippen molar-refractivity contribution in [3.63, 3.8) is 0 Å². The normalized spacial score (nSPS) is 18.7. The summed E-state index contributed by atoms with van der Waals surface area (Å²) in [7, 11) is 0. The van der Waals surface area contributed by atoms with Gasteiger partial charge in [0, 0.05) is 0 Å². The summed E-state index contributed by atoms with van der Waals surface area (Å²) in [5.41, 5.74) is 0. The first-order chi connectivity index (χ1) is 6.00. The zero-order valence-electron chi connectivity index (χ0n) is 7.37. The summed E-state index contributed by atoms with van der Waals surface area (Å²) in [5.74, 6) is 0. The minimum atomic E-state index is 0.956. The van der Waals surface area contributed by atoms with Crippen LogP contribution in [0.5, 0.6) is 0 Å². The number of hydrogen-bond acceptors (Lipinski definition) is 0. The van der Waals surface area contributed by atoms with Crippen molar-refractivity contribution < 1.29 is 0 Å². The molecule has 0 heterocycles. The van der Waals surface area contributed by atoms with Crippen molar-refractivity contribution >= 4 is 0 Å². The molecule has 0 amide bonds. The molecule has 0 spiro atoms. The van der Waals surface area contributed by atoms with Crippen LogP contribution in [0.3, 0.4) is 0 Å². The average molecular weight is 159 g/mol. The van der Waals surface area contributed by atoms with Gasteiger partial charge in [0.2, 0.25) is 0 Å². The van der Waals surface area contributed by atoms with E-state index in [1.807, 2.05) is 0 Å². The lowest BCUT2D eigenvalue weighted by molar-refractivity contribution is 1.04. The predicted molar refractivity (Wildman–Crippen MR) is 53.7 cm³/mol. The second-order valence-electron chi connectivity index (χ2n) is 2.75. The van der Waals surface area contributed by atoms with Gasteiger partial charge in [-0.1, -0.05) is 42.5 Å². The molecule has 0 nitrogen and oxygen atoms in total. The highest BCUT2D eigenvalue weighted by atomic mass is 13.8. The molecule has 0 heteroatoms. The highest BCUT2D eigenvalue weighted by molar-refractivity contribution is 5.06. The Bertz CT molecular complexity index is 204. The minimum Gasteiger partial charge on any atom is -0.0844 e. The number of allylic oxidation sites excluding steroid dienone is 8. The van der Waals surface area contributed by atoms with E-state index < -0.39 is 0 Å². The van der Waals surface area contributed by atoms with Crippen molar-refractivity contribution in [2.24, 2.45) is 0 Å². The second-order valence-corrected chi connectivity index (χ2v) is 2.75. The first kappa shape index (κ1) is 9.05. The van der Waals surface area contributed by atoms with Crippen molar-refractivity contribution in [3.05, 3.63) is 48.6 Å². The van der Waals surface area contributed by atoms with Gasteiger partial charge in [0.1, 0.15) is 0 Å². The van der Waals surface area contributed by atoms with Crippen LogP contribution in [0.4, 0.5) is 0 Å². The Kier molecular flexibility index (Phi) is 5.02. The van der Waals surface area contributed by atoms with Crippen LogP contribution < -0.4 is 0 Å². The summed E-state index contributed by atoms with van der Waals surface area (Å²) < 4.78 is 0. The molecule has 0 saturated carbocycles. The van der Waals surface area contributed by atoms with Gasteiger partial charge < -0.3 is 0 Å². The Labute approximate surface area is 75.0 Å². The van der Waals surface area contributed by atoms with E-state index in [0.29, 0.717) is 0 Å². The van der Waals surface area contributed by atoms with Crippen molar-refractivity contribution in [1.82, 2.24) is 0 Å². The van der Waals surface area contributed by atoms with Gasteiger partial charge in [-0.05, 0) is 31.8 Å². The van der Waals surface area contributed by atoms with Crippen LogP contribution >= 0.6 is 0 Å². The molecule has 63 valence electrons. The van der Waals surface area contributed by atoms with Gasteiger partial charge in [-0.25, -0.2) is 0 Å². The Morgan fingerprint density at radius 3 is 2.75 bits per heavy atom. The first-order valence-corrected chi connectivity index (χ1v) is 4.52. The molecule has 0 aromatic carbocycles. The molecule has 1 radical (unpaired) electrons. The fourth-order valence-electron chi connectivity index (χ4n) is 1.02. The van der Waals surface area contributed by atoms with Crippen LogP contribution in [0.1, 0.15) is 25.7 Å². The van der Waals surface area contributed by atoms with Crippen molar-refractivity contribution in [2.75, 3.05) is 0 Å². The fourth-order valence-corrected chi connectivity index (χ4v) is 1.02. The molecule has 0 N–H and O–H groups in total. The van der Waals surface area contributed by atoms with Crippen LogP contribution in [0.25, 0.3) is 0 Å². The van der Waals surface area contributed by atoms with Gasteiger partial charge in [-0.3, -0.25) is 0 Å². The molecule has 0 aromatic heterocycles. The largest absolute Gasteiger partial charge is 0.0844 e. The lowest BCUT2D eigenvalue weighted by Gasteiger charge is -1.87. The zero-order chi connectivity index (χ0) is 8.49. The van der Waals surface area contributed by atoms with Crippen LogP contribution in [-0.4, -0.2) is 0 Å². The summed E-state index contributed by atoms with van der Waals surface area (Å²) >= 11 is 0. The van der Waals surface area contributed by atoms with Crippen molar-refractivity contribution in [3.8, 4) is 0 Å². The molecule has 12 heavy (non-hydrogen) atoms. The van der Waals surface area contributed by atoms with Crippen molar-refractivity contribution in [1.29, 1.82) is 0 Å². The van der Waals surface area contributed by atoms with E-state index in [2.05, 4.69) is 48.6 Å². The van der Waals surface area contributed by atoms with E-state index >= 15 is 0 Å². The van der Waals surface area contributed by atoms with Gasteiger partial charge in [0.15, 0.2) is 0 Å². The third-order valence-electron chi connectivity index (χ3n) is 1.68. The molecule has 0 aromatic rings. The standard InChI is InChI=1S/C12H15/c1-2-4-6-8-10-12-11-9-7-5-3-1/h1-4,7,9-10H,5-6,8,11H2. The van der Waals surface area contributed by atoms with Crippen LogP contribution in [-0.2, 0) is 0 Å². The third kappa shape index (κ3) is 4.73. The lowest BCUT2D eigenvalue weighted by atomic mass is 10.2. The highest BCUT2D eigenvalue weighted by Crippen LogP contribution is 1.97. The first-order valence-electron chi connectivity index (χ1n) is 4.52. The van der Waals surface area contributed by atoms with E-state index in [0.717, 1.165) is 25.7 Å². The molecular formula is C12H15. The van der Waals surface area contributed by atoms with Crippen LogP contribution in [0.15, 0.2) is 42.5 Å². The molecule has 0 unspecified atom stereocenters. The summed E-state index contributed by atoms with van der Waals surface area (Å²) in [6.45, 7) is 0. The Hall–Kier alpha value is -1.04. The maximum atomic E-state index is 3.23. The second kappa shape index (κ2) is 6.66. The summed E-state index contributed by atoms with van der Waals surface area (Å²) in [5, 5.41) is 0. The smallest absolute Gasteiger partial charge is 0.00978 e. The molecule has 0 aliphatic heterocycles. The summed E-state index contributed by atoms with van der Waals surface area (Å²) in [4.78, 5) is 0. The molecule has 0 atom stereocenters. The zero-order valence-corrected chi connectivity index (χ0v) is 7.37. The SMILES string of the molecule is [C]1=CCCC=CC=CCC=CC1. The van der Waals surface area contributed by atoms with Gasteiger partial charge in [0.25, 0.3) is 0 Å². The highest BCUT2D eigenvalue weighted by Gasteiger charge is 1.78. The van der Waals surface area contributed by atoms with E-state index in [-0.39, 0.29) is 0 Å². The predicted octanol–water partition coefficient (Wildman–Crippen LogP) is 3.59. The molecule has 0 saturated heterocycles. The average Bonchev–Trinajstić information content (AvgIpc) is 2.05. The number of hydrogen-bond donors (Lipinski definition) is 0. The molecule has 0 bridgehead atoms. The topological polar surface area (TPSA) is 0 Å². The monoisotopic (exact) mass is 159 g/mol. The molecule has 1 aliphatic carbocycles. The van der Waals surface area contributed by atoms with E-state index in [9.17, 15) is 0 Å².